The lowest BCUT2D eigenvalue weighted by Gasteiger charge is -2.26. The highest BCUT2D eigenvalue weighted by Crippen LogP contribution is 2.44. The van der Waals surface area contributed by atoms with Gasteiger partial charge in [0.2, 0.25) is 5.89 Å². The molecule has 0 saturated carbocycles. The van der Waals surface area contributed by atoms with Crippen molar-refractivity contribution in [1.29, 1.82) is 0 Å². The first-order valence-corrected chi connectivity index (χ1v) is 9.52. The highest BCUT2D eigenvalue weighted by atomic mass is 32.2. The molecule has 2 N–H and O–H groups in total. The SMILES string of the molecule is CC1=C(C(N)=O)SC(n2cnn(Cc3ccc(F)cc3)c2=O)N1Cc1ncco1. The zero-order valence-electron chi connectivity index (χ0n) is 15.4. The zero-order chi connectivity index (χ0) is 20.5. The molecule has 3 heterocycles. The van der Waals surface area contributed by atoms with E-state index in [1.807, 2.05) is 4.90 Å². The number of thioether (sulfide) groups is 1. The Hall–Kier alpha value is -3.34. The second-order valence-corrected chi connectivity index (χ2v) is 7.45. The fraction of sp³-hybridized carbons (Fsp3) is 0.222. The molecule has 1 atom stereocenters. The number of benzene rings is 1. The normalized spacial score (nSPS) is 16.6. The van der Waals surface area contributed by atoms with Crippen molar-refractivity contribution in [1.82, 2.24) is 24.2 Å². The molecule has 29 heavy (non-hydrogen) atoms. The van der Waals surface area contributed by atoms with E-state index in [2.05, 4.69) is 10.1 Å². The predicted molar refractivity (Wildman–Crippen MR) is 103 cm³/mol. The van der Waals surface area contributed by atoms with Crippen molar-refractivity contribution in [3.63, 3.8) is 0 Å². The van der Waals surface area contributed by atoms with Crippen molar-refractivity contribution in [2.24, 2.45) is 5.73 Å². The van der Waals surface area contributed by atoms with Crippen LogP contribution in [0.5, 0.6) is 0 Å². The topological polar surface area (TPSA) is 112 Å². The van der Waals surface area contributed by atoms with Crippen LogP contribution in [-0.4, -0.2) is 30.1 Å². The summed E-state index contributed by atoms with van der Waals surface area (Å²) in [5.41, 5.74) is 5.92. The highest BCUT2D eigenvalue weighted by molar-refractivity contribution is 8.04. The van der Waals surface area contributed by atoms with Crippen LogP contribution in [0.4, 0.5) is 4.39 Å². The average molecular weight is 416 g/mol. The van der Waals surface area contributed by atoms with E-state index in [1.165, 1.54) is 51.9 Å². The van der Waals surface area contributed by atoms with Gasteiger partial charge in [0.05, 0.1) is 24.2 Å². The molecule has 1 aromatic carbocycles. The summed E-state index contributed by atoms with van der Waals surface area (Å²) < 4.78 is 21.1. The molecular weight excluding hydrogens is 399 g/mol. The Labute approximate surface area is 168 Å². The van der Waals surface area contributed by atoms with E-state index in [4.69, 9.17) is 10.2 Å². The number of nitrogens with two attached hydrogens (primary N) is 1. The van der Waals surface area contributed by atoms with Crippen molar-refractivity contribution < 1.29 is 13.6 Å². The maximum Gasteiger partial charge on any atom is 0.348 e. The Morgan fingerprint density at radius 1 is 1.31 bits per heavy atom. The van der Waals surface area contributed by atoms with Crippen LogP contribution in [0.3, 0.4) is 0 Å². The summed E-state index contributed by atoms with van der Waals surface area (Å²) in [6, 6.07) is 5.84. The Bertz CT molecular complexity index is 1120. The van der Waals surface area contributed by atoms with Crippen LogP contribution >= 0.6 is 11.8 Å². The first kappa shape index (κ1) is 19.0. The standard InChI is InChI=1S/C18H17FN6O3S/c1-11-15(16(20)26)29-18(23(11)9-14-21-6-7-28-14)24-10-22-25(17(24)27)8-12-2-4-13(19)5-3-12/h2-7,10,18H,8-9H2,1H3,(H2,20,26). The minimum atomic E-state index is -0.570. The molecule has 0 spiro atoms. The third-order valence-electron chi connectivity index (χ3n) is 4.50. The third kappa shape index (κ3) is 3.68. The fourth-order valence-corrected chi connectivity index (χ4v) is 4.27. The van der Waals surface area contributed by atoms with Crippen LogP contribution in [0.25, 0.3) is 0 Å². The van der Waals surface area contributed by atoms with E-state index in [0.717, 1.165) is 5.56 Å². The number of primary amides is 1. The van der Waals surface area contributed by atoms with Crippen molar-refractivity contribution in [2.75, 3.05) is 0 Å². The van der Waals surface area contributed by atoms with Crippen LogP contribution < -0.4 is 11.4 Å². The zero-order valence-corrected chi connectivity index (χ0v) is 16.2. The number of carbonyl (C=O) groups excluding carboxylic acids is 1. The molecule has 1 unspecified atom stereocenters. The van der Waals surface area contributed by atoms with E-state index in [0.29, 0.717) is 16.5 Å². The van der Waals surface area contributed by atoms with Gasteiger partial charge < -0.3 is 15.1 Å². The average Bonchev–Trinajstić information content (AvgIpc) is 3.40. The van der Waals surface area contributed by atoms with Crippen molar-refractivity contribution in [3.8, 4) is 0 Å². The molecule has 0 bridgehead atoms. The van der Waals surface area contributed by atoms with Crippen LogP contribution in [0, 0.1) is 5.82 Å². The second kappa shape index (κ2) is 7.59. The molecule has 4 rings (SSSR count). The number of hydrogen-bond donors (Lipinski definition) is 1. The number of carbonyl (C=O) groups is 1. The summed E-state index contributed by atoms with van der Waals surface area (Å²) in [5.74, 6) is -0.483. The van der Waals surface area contributed by atoms with Gasteiger partial charge in [0.25, 0.3) is 5.91 Å². The first-order chi connectivity index (χ1) is 13.9. The smallest absolute Gasteiger partial charge is 0.348 e. The van der Waals surface area contributed by atoms with E-state index in [9.17, 15) is 14.0 Å². The van der Waals surface area contributed by atoms with Crippen LogP contribution in [0.1, 0.15) is 23.9 Å². The molecule has 1 aliphatic rings. The number of hydrogen-bond acceptors (Lipinski definition) is 7. The summed E-state index contributed by atoms with van der Waals surface area (Å²) in [6.07, 6.45) is 4.38. The van der Waals surface area contributed by atoms with Gasteiger partial charge in [0.1, 0.15) is 18.4 Å². The fourth-order valence-electron chi connectivity index (χ4n) is 3.04. The van der Waals surface area contributed by atoms with Crippen LogP contribution in [0.2, 0.25) is 0 Å². The van der Waals surface area contributed by atoms with Gasteiger partial charge in [-0.15, -0.1) is 0 Å². The number of rotatable bonds is 6. The summed E-state index contributed by atoms with van der Waals surface area (Å²) >= 11 is 1.17. The largest absolute Gasteiger partial charge is 0.447 e. The number of nitrogens with zero attached hydrogens (tertiary/aromatic N) is 5. The molecule has 9 nitrogen and oxygen atoms in total. The molecular formula is C18H17FN6O3S. The van der Waals surface area contributed by atoms with Crippen LogP contribution in [0.15, 0.2) is 62.9 Å². The quantitative estimate of drug-likeness (QED) is 0.650. The van der Waals surface area contributed by atoms with Gasteiger partial charge in [-0.1, -0.05) is 23.9 Å². The van der Waals surface area contributed by atoms with Gasteiger partial charge in [-0.2, -0.15) is 5.10 Å². The molecule has 0 saturated heterocycles. The predicted octanol–water partition coefficient (Wildman–Crippen LogP) is 1.64. The molecule has 2 aromatic heterocycles. The monoisotopic (exact) mass is 416 g/mol. The third-order valence-corrected chi connectivity index (χ3v) is 5.93. The van der Waals surface area contributed by atoms with Gasteiger partial charge >= 0.3 is 5.69 Å². The second-order valence-electron chi connectivity index (χ2n) is 6.38. The molecule has 0 radical (unpaired) electrons. The molecule has 0 aliphatic carbocycles. The van der Waals surface area contributed by atoms with E-state index < -0.39 is 11.4 Å². The molecule has 11 heteroatoms. The minimum Gasteiger partial charge on any atom is -0.447 e. The molecule has 150 valence electrons. The summed E-state index contributed by atoms with van der Waals surface area (Å²) in [7, 11) is 0. The maximum absolute atomic E-state index is 13.1. The van der Waals surface area contributed by atoms with Gasteiger partial charge in [-0.3, -0.25) is 9.36 Å². The number of oxazole rings is 1. The minimum absolute atomic E-state index is 0.193. The van der Waals surface area contributed by atoms with Crippen molar-refractivity contribution in [2.45, 2.75) is 25.5 Å². The maximum atomic E-state index is 13.1. The lowest BCUT2D eigenvalue weighted by Crippen LogP contribution is -2.33. The van der Waals surface area contributed by atoms with Gasteiger partial charge in [0.15, 0.2) is 5.50 Å². The summed E-state index contributed by atoms with van der Waals surface area (Å²) in [5, 5.41) is 4.16. The lowest BCUT2D eigenvalue weighted by molar-refractivity contribution is -0.114. The Kier molecular flexibility index (Phi) is 4.97. The van der Waals surface area contributed by atoms with Gasteiger partial charge in [-0.25, -0.2) is 18.9 Å². The van der Waals surface area contributed by atoms with Crippen LogP contribution in [-0.2, 0) is 17.9 Å². The molecule has 1 amide bonds. The number of aromatic nitrogens is 4. The number of halogens is 1. The Morgan fingerprint density at radius 3 is 2.72 bits per heavy atom. The van der Waals surface area contributed by atoms with E-state index in [-0.39, 0.29) is 24.6 Å². The summed E-state index contributed by atoms with van der Waals surface area (Å²) in [4.78, 5) is 31.0. The van der Waals surface area contributed by atoms with Crippen molar-refractivity contribution in [3.05, 3.63) is 81.4 Å². The first-order valence-electron chi connectivity index (χ1n) is 8.65. The summed E-state index contributed by atoms with van der Waals surface area (Å²) in [6.45, 7) is 2.20. The highest BCUT2D eigenvalue weighted by Gasteiger charge is 2.36. The molecule has 3 aromatic rings. The van der Waals surface area contributed by atoms with Gasteiger partial charge in [0, 0.05) is 5.70 Å². The van der Waals surface area contributed by atoms with Gasteiger partial charge in [-0.05, 0) is 24.6 Å². The Morgan fingerprint density at radius 2 is 2.07 bits per heavy atom. The molecule has 0 fully saturated rings. The number of allylic oxidation sites excluding steroid dienone is 1. The number of amides is 1. The van der Waals surface area contributed by atoms with E-state index >= 15 is 0 Å². The Balaban J connectivity index is 1.64. The van der Waals surface area contributed by atoms with Crippen molar-refractivity contribution >= 4 is 17.7 Å². The molecule has 1 aliphatic heterocycles. The van der Waals surface area contributed by atoms with E-state index in [1.54, 1.807) is 19.1 Å². The lowest BCUT2D eigenvalue weighted by atomic mass is 10.2.